The van der Waals surface area contributed by atoms with E-state index in [-0.39, 0.29) is 6.61 Å². The smallest absolute Gasteiger partial charge is 0.336 e. The van der Waals surface area contributed by atoms with Gasteiger partial charge in [-0.2, -0.15) is 0 Å². The summed E-state index contributed by atoms with van der Waals surface area (Å²) >= 11 is 1.40. The highest BCUT2D eigenvalue weighted by atomic mass is 32.2. The monoisotopic (exact) mass is 405 g/mol. The number of aliphatic imine (C=N–C) groups is 1. The molecule has 0 saturated heterocycles. The molecule has 28 heavy (non-hydrogen) atoms. The molecule has 0 aliphatic carbocycles. The number of hydrogen-bond donors (Lipinski definition) is 3. The molecule has 2 amide bonds. The molecule has 3 rings (SSSR count). The predicted molar refractivity (Wildman–Crippen MR) is 105 cm³/mol. The first-order valence-electron chi connectivity index (χ1n) is 8.52. The van der Waals surface area contributed by atoms with E-state index < -0.39 is 30.1 Å². The van der Waals surface area contributed by atoms with Crippen molar-refractivity contribution in [3.63, 3.8) is 0 Å². The maximum absolute atomic E-state index is 12.1. The van der Waals surface area contributed by atoms with E-state index >= 15 is 0 Å². The minimum atomic E-state index is -1.11. The summed E-state index contributed by atoms with van der Waals surface area (Å²) in [5, 5.41) is 15.6. The van der Waals surface area contributed by atoms with E-state index in [2.05, 4.69) is 15.6 Å². The van der Waals surface area contributed by atoms with E-state index in [1.54, 1.807) is 19.1 Å². The lowest BCUT2D eigenvalue weighted by Gasteiger charge is -2.16. The topological polar surface area (TPSA) is 130 Å². The molecule has 1 aliphatic rings. The van der Waals surface area contributed by atoms with Crippen molar-refractivity contribution in [3.05, 3.63) is 40.2 Å². The number of ether oxygens (including phenoxy) is 1. The molecule has 1 unspecified atom stereocenters. The van der Waals surface area contributed by atoms with Crippen LogP contribution in [0.15, 0.2) is 38.5 Å². The van der Waals surface area contributed by atoms with Gasteiger partial charge in [-0.25, -0.2) is 4.79 Å². The maximum atomic E-state index is 12.1. The summed E-state index contributed by atoms with van der Waals surface area (Å²) in [6, 6.07) is 5.17. The largest absolute Gasteiger partial charge is 0.484 e. The Morgan fingerprint density at radius 3 is 2.93 bits per heavy atom. The van der Waals surface area contributed by atoms with Gasteiger partial charge in [-0.05, 0) is 24.6 Å². The Morgan fingerprint density at radius 2 is 2.21 bits per heavy atom. The third kappa shape index (κ3) is 4.90. The van der Waals surface area contributed by atoms with Crippen molar-refractivity contribution in [1.82, 2.24) is 10.6 Å². The third-order valence-electron chi connectivity index (χ3n) is 3.94. The van der Waals surface area contributed by atoms with E-state index in [1.165, 1.54) is 23.9 Å². The number of aryl methyl sites for hydroxylation is 1. The molecule has 1 aromatic carbocycles. The van der Waals surface area contributed by atoms with Crippen LogP contribution in [0, 0.1) is 6.92 Å². The van der Waals surface area contributed by atoms with Crippen molar-refractivity contribution in [3.8, 4) is 5.75 Å². The van der Waals surface area contributed by atoms with E-state index in [4.69, 9.17) is 9.15 Å². The molecule has 0 bridgehead atoms. The fraction of sp³-hybridized carbons (Fsp3) is 0.333. The van der Waals surface area contributed by atoms with Crippen LogP contribution in [0.3, 0.4) is 0 Å². The van der Waals surface area contributed by atoms with Crippen LogP contribution in [0.5, 0.6) is 5.75 Å². The summed E-state index contributed by atoms with van der Waals surface area (Å²) in [6.45, 7) is 1.48. The van der Waals surface area contributed by atoms with Crippen molar-refractivity contribution in [2.75, 3.05) is 25.5 Å². The number of amidine groups is 1. The molecule has 1 aliphatic heterocycles. The number of amides is 2. The number of carbonyl (C=O) groups is 2. The van der Waals surface area contributed by atoms with Gasteiger partial charge in [0.05, 0.1) is 13.2 Å². The van der Waals surface area contributed by atoms with Crippen molar-refractivity contribution >= 4 is 39.7 Å². The van der Waals surface area contributed by atoms with Crippen molar-refractivity contribution in [2.45, 2.75) is 13.0 Å². The average Bonchev–Trinajstić information content (AvgIpc) is 3.16. The lowest BCUT2D eigenvalue weighted by molar-refractivity contribution is -0.130. The van der Waals surface area contributed by atoms with E-state index in [0.717, 1.165) is 16.7 Å². The second-order valence-electron chi connectivity index (χ2n) is 6.02. The zero-order valence-corrected chi connectivity index (χ0v) is 15.9. The molecular weight excluding hydrogens is 386 g/mol. The van der Waals surface area contributed by atoms with Gasteiger partial charge in [-0.3, -0.25) is 14.6 Å². The van der Waals surface area contributed by atoms with Crippen LogP contribution >= 0.6 is 11.8 Å². The number of thioether (sulfide) groups is 1. The van der Waals surface area contributed by atoms with Crippen LogP contribution < -0.4 is 21.0 Å². The van der Waals surface area contributed by atoms with Gasteiger partial charge in [-0.1, -0.05) is 11.8 Å². The summed E-state index contributed by atoms with van der Waals surface area (Å²) in [7, 11) is 0. The van der Waals surface area contributed by atoms with Gasteiger partial charge in [0.2, 0.25) is 0 Å². The van der Waals surface area contributed by atoms with Crippen LogP contribution in [0.4, 0.5) is 0 Å². The molecule has 0 fully saturated rings. The highest BCUT2D eigenvalue weighted by Gasteiger charge is 2.22. The van der Waals surface area contributed by atoms with E-state index in [0.29, 0.717) is 23.0 Å². The fourth-order valence-electron chi connectivity index (χ4n) is 2.58. The first-order chi connectivity index (χ1) is 13.5. The highest BCUT2D eigenvalue weighted by Crippen LogP contribution is 2.22. The third-order valence-corrected chi connectivity index (χ3v) is 4.83. The molecule has 2 heterocycles. The SMILES string of the molecule is Cc1cc(=O)oc2cc(OCC(=O)NC(CO)C(=O)NC3=NCCS3)ccc12. The normalized spacial score (nSPS) is 14.4. The Labute approximate surface area is 164 Å². The molecule has 2 aromatic rings. The Hall–Kier alpha value is -2.85. The molecular formula is C18H19N3O6S. The quantitative estimate of drug-likeness (QED) is 0.584. The number of hydrogen-bond acceptors (Lipinski definition) is 8. The first kappa shape index (κ1) is 19.9. The van der Waals surface area contributed by atoms with Crippen molar-refractivity contribution in [2.24, 2.45) is 4.99 Å². The summed E-state index contributed by atoms with van der Waals surface area (Å²) < 4.78 is 10.5. The lowest BCUT2D eigenvalue weighted by atomic mass is 10.1. The Bertz CT molecular complexity index is 987. The number of aliphatic hydroxyl groups is 1. The van der Waals surface area contributed by atoms with Gasteiger partial charge < -0.3 is 24.9 Å². The average molecular weight is 405 g/mol. The molecule has 10 heteroatoms. The molecule has 1 atom stereocenters. The summed E-state index contributed by atoms with van der Waals surface area (Å²) in [6.07, 6.45) is 0. The second-order valence-corrected chi connectivity index (χ2v) is 7.11. The van der Waals surface area contributed by atoms with Crippen LogP contribution in [-0.2, 0) is 9.59 Å². The van der Waals surface area contributed by atoms with Crippen LogP contribution in [-0.4, -0.2) is 53.6 Å². The number of fused-ring (bicyclic) bond motifs is 1. The number of nitrogens with zero attached hydrogens (tertiary/aromatic N) is 1. The number of rotatable bonds is 6. The van der Waals surface area contributed by atoms with Crippen LogP contribution in [0.1, 0.15) is 5.56 Å². The van der Waals surface area contributed by atoms with Gasteiger partial charge in [-0.15, -0.1) is 0 Å². The minimum Gasteiger partial charge on any atom is -0.484 e. The standard InChI is InChI=1S/C18H19N3O6S/c1-10-6-16(24)27-14-7-11(2-3-12(10)14)26-9-15(23)20-13(8-22)17(25)21-18-19-4-5-28-18/h2-3,6-7,13,22H,4-5,8-9H2,1H3,(H,20,23)(H,19,21,25). The molecule has 0 saturated carbocycles. The zero-order chi connectivity index (χ0) is 20.1. The summed E-state index contributed by atoms with van der Waals surface area (Å²) in [5.74, 6) is -0.0172. The Balaban J connectivity index is 1.57. The fourth-order valence-corrected chi connectivity index (χ4v) is 3.31. The summed E-state index contributed by atoms with van der Waals surface area (Å²) in [4.78, 5) is 39.7. The summed E-state index contributed by atoms with van der Waals surface area (Å²) in [5.41, 5.74) is 0.657. The molecule has 9 nitrogen and oxygen atoms in total. The maximum Gasteiger partial charge on any atom is 0.336 e. The molecule has 148 valence electrons. The van der Waals surface area contributed by atoms with Gasteiger partial charge in [0, 0.05) is 23.3 Å². The van der Waals surface area contributed by atoms with Crippen molar-refractivity contribution in [1.29, 1.82) is 0 Å². The number of nitrogens with one attached hydrogen (secondary N) is 2. The van der Waals surface area contributed by atoms with Gasteiger partial charge >= 0.3 is 5.63 Å². The zero-order valence-electron chi connectivity index (χ0n) is 15.1. The molecule has 1 aromatic heterocycles. The molecule has 0 spiro atoms. The molecule has 3 N–H and O–H groups in total. The van der Waals surface area contributed by atoms with Gasteiger partial charge in [0.1, 0.15) is 17.4 Å². The van der Waals surface area contributed by atoms with E-state index in [1.807, 2.05) is 0 Å². The highest BCUT2D eigenvalue weighted by molar-refractivity contribution is 8.14. The van der Waals surface area contributed by atoms with Gasteiger partial charge in [0.15, 0.2) is 11.8 Å². The Morgan fingerprint density at radius 1 is 1.39 bits per heavy atom. The van der Waals surface area contributed by atoms with Crippen LogP contribution in [0.25, 0.3) is 11.0 Å². The number of carbonyl (C=O) groups excluding carboxylic acids is 2. The molecule has 0 radical (unpaired) electrons. The first-order valence-corrected chi connectivity index (χ1v) is 9.50. The Kier molecular flexibility index (Phi) is 6.32. The minimum absolute atomic E-state index is 0.332. The lowest BCUT2D eigenvalue weighted by Crippen LogP contribution is -2.50. The van der Waals surface area contributed by atoms with Crippen molar-refractivity contribution < 1.29 is 23.8 Å². The predicted octanol–water partition coefficient (Wildman–Crippen LogP) is 0.176. The van der Waals surface area contributed by atoms with Gasteiger partial charge in [0.25, 0.3) is 11.8 Å². The second kappa shape index (κ2) is 8.89. The van der Waals surface area contributed by atoms with Crippen LogP contribution in [0.2, 0.25) is 0 Å². The number of benzene rings is 1. The number of aliphatic hydroxyl groups excluding tert-OH is 1. The van der Waals surface area contributed by atoms with E-state index in [9.17, 15) is 19.5 Å².